The Bertz CT molecular complexity index is 796. The van der Waals surface area contributed by atoms with Gasteiger partial charge in [0.05, 0.1) is 5.69 Å². The van der Waals surface area contributed by atoms with E-state index >= 15 is 0 Å². The first kappa shape index (κ1) is 18.9. The lowest BCUT2D eigenvalue weighted by molar-refractivity contribution is -0.141. The number of halogens is 3. The molecule has 3 rings (SSSR count). The number of carbonyl (C=O) groups is 2. The minimum absolute atomic E-state index is 0.237. The van der Waals surface area contributed by atoms with Gasteiger partial charge in [-0.15, -0.1) is 0 Å². The summed E-state index contributed by atoms with van der Waals surface area (Å²) in [6.07, 6.45) is -3.77. The third-order valence-electron chi connectivity index (χ3n) is 4.49. The molecule has 1 saturated heterocycles. The molecule has 0 atom stereocenters. The number of likely N-dealkylation sites (tertiary alicyclic amines) is 1. The van der Waals surface area contributed by atoms with Gasteiger partial charge in [-0.1, -0.05) is 30.3 Å². The summed E-state index contributed by atoms with van der Waals surface area (Å²) in [7, 11) is 0. The summed E-state index contributed by atoms with van der Waals surface area (Å²) in [5.74, 6) is -1.37. The maximum absolute atomic E-state index is 12.6. The summed E-state index contributed by atoms with van der Waals surface area (Å²) in [4.78, 5) is 26.0. The Balaban J connectivity index is 1.54. The van der Waals surface area contributed by atoms with Gasteiger partial charge >= 0.3 is 6.18 Å². The monoisotopic (exact) mass is 380 g/mol. The lowest BCUT2D eigenvalue weighted by atomic mass is 9.95. The predicted molar refractivity (Wildman–Crippen MR) is 91.7 cm³/mol. The number of carbonyl (C=O) groups excluding carboxylic acids is 2. The zero-order valence-electron chi connectivity index (χ0n) is 14.4. The van der Waals surface area contributed by atoms with Gasteiger partial charge in [0, 0.05) is 24.6 Å². The molecular weight excluding hydrogens is 361 g/mol. The number of benzene rings is 1. The van der Waals surface area contributed by atoms with Crippen molar-refractivity contribution in [3.05, 3.63) is 42.1 Å². The van der Waals surface area contributed by atoms with Crippen LogP contribution < -0.4 is 5.32 Å². The molecule has 2 amide bonds. The van der Waals surface area contributed by atoms with Gasteiger partial charge in [-0.25, -0.2) is 0 Å². The van der Waals surface area contributed by atoms with Crippen LogP contribution in [0.3, 0.4) is 0 Å². The molecule has 6 nitrogen and oxygen atoms in total. The van der Waals surface area contributed by atoms with E-state index in [0.29, 0.717) is 37.3 Å². The van der Waals surface area contributed by atoms with E-state index in [9.17, 15) is 22.8 Å². The van der Waals surface area contributed by atoms with Crippen LogP contribution in [0.4, 0.5) is 13.2 Å². The summed E-state index contributed by atoms with van der Waals surface area (Å²) in [6.45, 7) is -0.716. The van der Waals surface area contributed by atoms with Gasteiger partial charge in [0.2, 0.25) is 5.91 Å². The number of rotatable bonds is 4. The van der Waals surface area contributed by atoms with E-state index in [2.05, 4.69) is 10.2 Å². The molecule has 0 unspecified atom stereocenters. The highest BCUT2D eigenvalue weighted by Crippen LogP contribution is 2.22. The quantitative estimate of drug-likeness (QED) is 0.856. The van der Waals surface area contributed by atoms with Crippen molar-refractivity contribution >= 4 is 11.8 Å². The second-order valence-corrected chi connectivity index (χ2v) is 6.43. The fourth-order valence-electron chi connectivity index (χ4n) is 3.03. The molecular formula is C18H19F3N4O2. The summed E-state index contributed by atoms with van der Waals surface area (Å²) < 4.78 is 36.6. The number of amides is 2. The van der Waals surface area contributed by atoms with Crippen LogP contribution in [0.25, 0.3) is 11.3 Å². The first-order valence-electron chi connectivity index (χ1n) is 8.58. The zero-order chi connectivity index (χ0) is 19.4. The SMILES string of the molecule is O=C(NCC(F)(F)F)C1CCN(C(=O)c2cc(-c3ccccc3)n[nH]2)CC1. The molecule has 9 heteroatoms. The van der Waals surface area contributed by atoms with Crippen molar-refractivity contribution in [1.29, 1.82) is 0 Å². The van der Waals surface area contributed by atoms with Crippen LogP contribution in [-0.2, 0) is 4.79 Å². The van der Waals surface area contributed by atoms with Crippen LogP contribution in [0.1, 0.15) is 23.3 Å². The number of hydrogen-bond donors (Lipinski definition) is 2. The van der Waals surface area contributed by atoms with E-state index in [1.807, 2.05) is 35.6 Å². The van der Waals surface area contributed by atoms with E-state index < -0.39 is 24.5 Å². The Morgan fingerprint density at radius 3 is 2.48 bits per heavy atom. The Morgan fingerprint density at radius 2 is 1.85 bits per heavy atom. The fourth-order valence-corrected chi connectivity index (χ4v) is 3.03. The van der Waals surface area contributed by atoms with Gasteiger partial charge in [-0.3, -0.25) is 14.7 Å². The lowest BCUT2D eigenvalue weighted by Gasteiger charge is -2.31. The molecule has 0 bridgehead atoms. The maximum atomic E-state index is 12.6. The normalized spacial score (nSPS) is 15.6. The Hall–Kier alpha value is -2.84. The van der Waals surface area contributed by atoms with Crippen LogP contribution in [-0.4, -0.2) is 52.7 Å². The lowest BCUT2D eigenvalue weighted by Crippen LogP contribution is -2.44. The van der Waals surface area contributed by atoms with Crippen LogP contribution in [0.15, 0.2) is 36.4 Å². The van der Waals surface area contributed by atoms with Gasteiger partial charge in [0.1, 0.15) is 12.2 Å². The fraction of sp³-hybridized carbons (Fsp3) is 0.389. The van der Waals surface area contributed by atoms with Crippen LogP contribution in [0.2, 0.25) is 0 Å². The summed E-state index contributed by atoms with van der Waals surface area (Å²) >= 11 is 0. The van der Waals surface area contributed by atoms with E-state index in [0.717, 1.165) is 5.56 Å². The van der Waals surface area contributed by atoms with Gasteiger partial charge < -0.3 is 10.2 Å². The molecule has 1 aliphatic rings. The molecule has 144 valence electrons. The number of nitrogens with one attached hydrogen (secondary N) is 2. The highest BCUT2D eigenvalue weighted by molar-refractivity contribution is 5.93. The molecule has 2 aromatic rings. The standard InChI is InChI=1S/C18H19F3N4O2/c19-18(20,21)11-22-16(26)13-6-8-25(9-7-13)17(27)15-10-14(23-24-15)12-4-2-1-3-5-12/h1-5,10,13H,6-9,11H2,(H,22,26)(H,23,24). The van der Waals surface area contributed by atoms with Crippen LogP contribution >= 0.6 is 0 Å². The Labute approximate surface area is 153 Å². The van der Waals surface area contributed by atoms with E-state index in [1.54, 1.807) is 11.0 Å². The van der Waals surface area contributed by atoms with Gasteiger partial charge in [0.25, 0.3) is 5.91 Å². The molecule has 2 N–H and O–H groups in total. The number of alkyl halides is 3. The Morgan fingerprint density at radius 1 is 1.19 bits per heavy atom. The topological polar surface area (TPSA) is 78.1 Å². The average Bonchev–Trinajstić information content (AvgIpc) is 3.16. The first-order chi connectivity index (χ1) is 12.8. The highest BCUT2D eigenvalue weighted by Gasteiger charge is 2.32. The molecule has 0 radical (unpaired) electrons. The van der Waals surface area contributed by atoms with E-state index in [1.165, 1.54) is 0 Å². The second kappa shape index (κ2) is 7.81. The molecule has 2 heterocycles. The number of nitrogens with zero attached hydrogens (tertiary/aromatic N) is 2. The van der Waals surface area contributed by atoms with E-state index in [4.69, 9.17) is 0 Å². The number of aromatic amines is 1. The molecule has 0 saturated carbocycles. The van der Waals surface area contributed by atoms with Crippen molar-refractivity contribution in [2.75, 3.05) is 19.6 Å². The minimum atomic E-state index is -4.43. The highest BCUT2D eigenvalue weighted by atomic mass is 19.4. The minimum Gasteiger partial charge on any atom is -0.347 e. The smallest absolute Gasteiger partial charge is 0.347 e. The molecule has 1 aromatic heterocycles. The van der Waals surface area contributed by atoms with Gasteiger partial charge in [-0.05, 0) is 18.9 Å². The van der Waals surface area contributed by atoms with Crippen LogP contribution in [0, 0.1) is 5.92 Å². The molecule has 0 spiro atoms. The summed E-state index contributed by atoms with van der Waals surface area (Å²) in [6, 6.07) is 11.1. The third-order valence-corrected chi connectivity index (χ3v) is 4.49. The summed E-state index contributed by atoms with van der Waals surface area (Å²) in [5.41, 5.74) is 1.88. The van der Waals surface area contributed by atoms with Gasteiger partial charge in [0.15, 0.2) is 0 Å². The first-order valence-corrected chi connectivity index (χ1v) is 8.58. The molecule has 0 aliphatic carbocycles. The van der Waals surface area contributed by atoms with Crippen molar-refractivity contribution in [2.45, 2.75) is 19.0 Å². The molecule has 1 fully saturated rings. The van der Waals surface area contributed by atoms with Crippen LogP contribution in [0.5, 0.6) is 0 Å². The Kier molecular flexibility index (Phi) is 5.48. The van der Waals surface area contributed by atoms with E-state index in [-0.39, 0.29) is 5.91 Å². The number of aromatic nitrogens is 2. The molecule has 27 heavy (non-hydrogen) atoms. The second-order valence-electron chi connectivity index (χ2n) is 6.43. The van der Waals surface area contributed by atoms with Crippen molar-refractivity contribution in [3.63, 3.8) is 0 Å². The largest absolute Gasteiger partial charge is 0.405 e. The van der Waals surface area contributed by atoms with Crippen molar-refractivity contribution in [3.8, 4) is 11.3 Å². The third kappa shape index (κ3) is 4.87. The number of hydrogen-bond acceptors (Lipinski definition) is 3. The molecule has 1 aliphatic heterocycles. The predicted octanol–water partition coefficient (Wildman–Crippen LogP) is 2.61. The van der Waals surface area contributed by atoms with Crippen molar-refractivity contribution in [1.82, 2.24) is 20.4 Å². The zero-order valence-corrected chi connectivity index (χ0v) is 14.4. The number of H-pyrrole nitrogens is 1. The summed E-state index contributed by atoms with van der Waals surface area (Å²) in [5, 5.41) is 8.78. The van der Waals surface area contributed by atoms with Crippen molar-refractivity contribution in [2.24, 2.45) is 5.92 Å². The molecule has 1 aromatic carbocycles. The maximum Gasteiger partial charge on any atom is 0.405 e. The average molecular weight is 380 g/mol. The van der Waals surface area contributed by atoms with Gasteiger partial charge in [-0.2, -0.15) is 18.3 Å². The number of piperidine rings is 1. The van der Waals surface area contributed by atoms with Crippen molar-refractivity contribution < 1.29 is 22.8 Å².